The first-order valence-corrected chi connectivity index (χ1v) is 10.4. The van der Waals surface area contributed by atoms with Gasteiger partial charge >= 0.3 is 11.9 Å². The summed E-state index contributed by atoms with van der Waals surface area (Å²) in [5, 5.41) is -0.0656. The van der Waals surface area contributed by atoms with E-state index in [1.807, 2.05) is 0 Å². The molecule has 1 unspecified atom stereocenters. The van der Waals surface area contributed by atoms with Crippen molar-refractivity contribution in [1.29, 1.82) is 0 Å². The topological polar surface area (TPSA) is 90.4 Å². The molecule has 0 spiro atoms. The molecule has 2 aromatic carbocycles. The number of ether oxygens (including phenoxy) is 2. The zero-order valence-corrected chi connectivity index (χ0v) is 18.2. The molecule has 0 fully saturated rings. The average molecular weight is 472 g/mol. The van der Waals surface area contributed by atoms with Gasteiger partial charge in [-0.25, -0.2) is 22.8 Å². The highest BCUT2D eigenvalue weighted by Gasteiger charge is 2.32. The summed E-state index contributed by atoms with van der Waals surface area (Å²) in [5.74, 6) is -7.05. The van der Waals surface area contributed by atoms with Gasteiger partial charge in [0.1, 0.15) is 5.56 Å². The minimum absolute atomic E-state index is 0.0357. The van der Waals surface area contributed by atoms with Crippen LogP contribution in [0.15, 0.2) is 47.5 Å². The molecule has 0 aliphatic carbocycles. The molecule has 0 saturated carbocycles. The number of para-hydroxylation sites is 1. The highest BCUT2D eigenvalue weighted by Crippen LogP contribution is 2.32. The number of nitrogens with zero attached hydrogens (tertiary/aromatic N) is 1. The fourth-order valence-electron chi connectivity index (χ4n) is 3.91. The first-order valence-electron chi connectivity index (χ1n) is 10.4. The molecule has 0 amide bonds. The minimum atomic E-state index is -1.83. The number of hydrogen-bond acceptors (Lipinski definition) is 5. The third kappa shape index (κ3) is 3.70. The van der Waals surface area contributed by atoms with Gasteiger partial charge in [-0.05, 0) is 26.0 Å². The van der Waals surface area contributed by atoms with Crippen LogP contribution in [0.25, 0.3) is 21.8 Å². The Labute approximate surface area is 190 Å². The molecule has 4 aromatic rings. The lowest BCUT2D eigenvalue weighted by molar-refractivity contribution is -0.145. The SMILES string of the molecule is CCOC(=O)c1cn(C(C(=O)OCC)c2c[nH]c3ccccc23)c2c(F)c(F)c(F)cc2c1=O. The van der Waals surface area contributed by atoms with E-state index in [-0.39, 0.29) is 13.2 Å². The van der Waals surface area contributed by atoms with E-state index in [2.05, 4.69) is 4.98 Å². The normalized spacial score (nSPS) is 12.1. The van der Waals surface area contributed by atoms with E-state index in [0.717, 1.165) is 10.8 Å². The molecule has 2 aromatic heterocycles. The van der Waals surface area contributed by atoms with Crippen LogP contribution >= 0.6 is 0 Å². The van der Waals surface area contributed by atoms with Crippen molar-refractivity contribution in [2.75, 3.05) is 13.2 Å². The van der Waals surface area contributed by atoms with E-state index >= 15 is 4.39 Å². The maximum absolute atomic E-state index is 15.1. The lowest BCUT2D eigenvalue weighted by Gasteiger charge is -2.22. The smallest absolute Gasteiger partial charge is 0.343 e. The van der Waals surface area contributed by atoms with Gasteiger partial charge in [-0.2, -0.15) is 0 Å². The van der Waals surface area contributed by atoms with E-state index in [4.69, 9.17) is 9.47 Å². The fourth-order valence-corrected chi connectivity index (χ4v) is 3.91. The monoisotopic (exact) mass is 472 g/mol. The Kier molecular flexibility index (Phi) is 6.14. The Bertz CT molecular complexity index is 1490. The first-order chi connectivity index (χ1) is 16.3. The molecular formula is C24H19F3N2O5. The number of fused-ring (bicyclic) bond motifs is 2. The van der Waals surface area contributed by atoms with Gasteiger partial charge in [0.2, 0.25) is 5.43 Å². The van der Waals surface area contributed by atoms with Crippen molar-refractivity contribution in [3.05, 3.63) is 81.5 Å². The Morgan fingerprint density at radius 2 is 1.74 bits per heavy atom. The second kappa shape index (κ2) is 9.05. The standard InChI is InChI=1S/C24H19F3N2O5/c1-3-33-23(31)15-11-29(20-13(22(15)30)9-16(25)18(26)19(20)27)21(24(32)34-4-2)14-10-28-17-8-6-5-7-12(14)17/h5-11,21,28H,3-4H2,1-2H3. The van der Waals surface area contributed by atoms with Gasteiger partial charge < -0.3 is 19.0 Å². The number of hydrogen-bond donors (Lipinski definition) is 1. The Hall–Kier alpha value is -4.08. The average Bonchev–Trinajstić information content (AvgIpc) is 3.23. The summed E-state index contributed by atoms with van der Waals surface area (Å²) in [7, 11) is 0. The largest absolute Gasteiger partial charge is 0.464 e. The third-order valence-corrected chi connectivity index (χ3v) is 5.35. The maximum Gasteiger partial charge on any atom is 0.343 e. The van der Waals surface area contributed by atoms with Crippen LogP contribution in [-0.2, 0) is 14.3 Å². The summed E-state index contributed by atoms with van der Waals surface area (Å²) in [6, 6.07) is 5.95. The Morgan fingerprint density at radius 3 is 2.44 bits per heavy atom. The van der Waals surface area contributed by atoms with Gasteiger partial charge in [-0.1, -0.05) is 18.2 Å². The highest BCUT2D eigenvalue weighted by atomic mass is 19.2. The predicted molar refractivity (Wildman–Crippen MR) is 117 cm³/mol. The molecule has 10 heteroatoms. The van der Waals surface area contributed by atoms with Crippen molar-refractivity contribution >= 4 is 33.7 Å². The fraction of sp³-hybridized carbons (Fsp3) is 0.208. The number of halogens is 3. The van der Waals surface area contributed by atoms with Crippen LogP contribution in [0.1, 0.15) is 35.8 Å². The maximum atomic E-state index is 15.1. The third-order valence-electron chi connectivity index (χ3n) is 5.35. The van der Waals surface area contributed by atoms with Crippen molar-refractivity contribution in [1.82, 2.24) is 9.55 Å². The number of benzene rings is 2. The molecular weight excluding hydrogens is 453 g/mol. The van der Waals surface area contributed by atoms with E-state index in [0.29, 0.717) is 22.5 Å². The molecule has 4 rings (SSSR count). The quantitative estimate of drug-likeness (QED) is 0.335. The second-order valence-corrected chi connectivity index (χ2v) is 7.33. The van der Waals surface area contributed by atoms with Crippen molar-refractivity contribution in [2.45, 2.75) is 19.9 Å². The van der Waals surface area contributed by atoms with E-state index in [9.17, 15) is 23.2 Å². The number of esters is 2. The molecule has 1 atom stereocenters. The van der Waals surface area contributed by atoms with Crippen LogP contribution in [0.3, 0.4) is 0 Å². The van der Waals surface area contributed by atoms with E-state index in [1.54, 1.807) is 31.2 Å². The number of H-pyrrole nitrogens is 1. The van der Waals surface area contributed by atoms with E-state index < -0.39 is 57.3 Å². The van der Waals surface area contributed by atoms with Crippen molar-refractivity contribution in [3.63, 3.8) is 0 Å². The molecule has 1 N–H and O–H groups in total. The van der Waals surface area contributed by atoms with Gasteiger partial charge in [-0.15, -0.1) is 0 Å². The zero-order chi connectivity index (χ0) is 24.6. The number of aromatic amines is 1. The van der Waals surface area contributed by atoms with Gasteiger partial charge in [0, 0.05) is 28.9 Å². The Morgan fingerprint density at radius 1 is 1.03 bits per heavy atom. The van der Waals surface area contributed by atoms with Crippen LogP contribution in [0.4, 0.5) is 13.2 Å². The highest BCUT2D eigenvalue weighted by molar-refractivity contribution is 5.96. The van der Waals surface area contributed by atoms with Gasteiger partial charge in [0.25, 0.3) is 0 Å². The minimum Gasteiger partial charge on any atom is -0.464 e. The van der Waals surface area contributed by atoms with Crippen molar-refractivity contribution in [3.8, 4) is 0 Å². The lowest BCUT2D eigenvalue weighted by Crippen LogP contribution is -2.28. The van der Waals surface area contributed by atoms with Crippen LogP contribution in [0, 0.1) is 17.5 Å². The van der Waals surface area contributed by atoms with Crippen molar-refractivity contribution < 1.29 is 32.2 Å². The van der Waals surface area contributed by atoms with Crippen LogP contribution in [-0.4, -0.2) is 34.7 Å². The molecule has 0 aliphatic heterocycles. The number of pyridine rings is 1. The number of nitrogens with one attached hydrogen (secondary N) is 1. The molecule has 0 aliphatic rings. The van der Waals surface area contributed by atoms with Gasteiger partial charge in [-0.3, -0.25) is 4.79 Å². The van der Waals surface area contributed by atoms with Crippen molar-refractivity contribution in [2.24, 2.45) is 0 Å². The van der Waals surface area contributed by atoms with Crippen LogP contribution < -0.4 is 5.43 Å². The summed E-state index contributed by atoms with van der Waals surface area (Å²) in [4.78, 5) is 41.6. The molecule has 2 heterocycles. The molecule has 0 saturated heterocycles. The number of rotatable bonds is 6. The predicted octanol–water partition coefficient (Wildman–Crippen LogP) is 4.23. The molecule has 0 bridgehead atoms. The summed E-state index contributed by atoms with van der Waals surface area (Å²) < 4.78 is 54.5. The van der Waals surface area contributed by atoms with Crippen LogP contribution in [0.2, 0.25) is 0 Å². The number of carbonyl (C=O) groups excluding carboxylic acids is 2. The summed E-state index contributed by atoms with van der Waals surface area (Å²) in [5.41, 5.74) is -1.39. The van der Waals surface area contributed by atoms with Gasteiger partial charge in [0.15, 0.2) is 23.5 Å². The lowest BCUT2D eigenvalue weighted by atomic mass is 10.0. The first kappa shape index (κ1) is 23.1. The second-order valence-electron chi connectivity index (χ2n) is 7.33. The van der Waals surface area contributed by atoms with Crippen LogP contribution in [0.5, 0.6) is 0 Å². The van der Waals surface area contributed by atoms with E-state index in [1.165, 1.54) is 13.1 Å². The summed E-state index contributed by atoms with van der Waals surface area (Å²) >= 11 is 0. The molecule has 7 nitrogen and oxygen atoms in total. The number of carbonyl (C=O) groups is 2. The summed E-state index contributed by atoms with van der Waals surface area (Å²) in [6.45, 7) is 2.96. The Balaban J connectivity index is 2.14. The van der Waals surface area contributed by atoms with Gasteiger partial charge in [0.05, 0.1) is 24.1 Å². The molecule has 176 valence electrons. The zero-order valence-electron chi connectivity index (χ0n) is 18.2. The molecule has 0 radical (unpaired) electrons. The summed E-state index contributed by atoms with van der Waals surface area (Å²) in [6.07, 6.45) is 2.39. The molecule has 34 heavy (non-hydrogen) atoms. The number of aromatic nitrogens is 2.